The van der Waals surface area contributed by atoms with E-state index in [2.05, 4.69) is 5.32 Å². The third-order valence-electron chi connectivity index (χ3n) is 6.60. The van der Waals surface area contributed by atoms with E-state index < -0.39 is 7.12 Å². The zero-order valence-corrected chi connectivity index (χ0v) is 21.6. The molecule has 10 heteroatoms. The molecule has 2 N–H and O–H groups in total. The van der Waals surface area contributed by atoms with Crippen molar-refractivity contribution >= 4 is 49.1 Å². The summed E-state index contributed by atoms with van der Waals surface area (Å²) < 4.78 is 10.6. The summed E-state index contributed by atoms with van der Waals surface area (Å²) in [6, 6.07) is 18.6. The number of nitrogens with zero attached hydrogens (tertiary/aromatic N) is 1. The molecule has 187 valence electrons. The molecule has 0 spiro atoms. The lowest BCUT2D eigenvalue weighted by atomic mass is 9.78. The fourth-order valence-electron chi connectivity index (χ4n) is 4.58. The maximum absolute atomic E-state index is 13.7. The van der Waals surface area contributed by atoms with Gasteiger partial charge in [0.25, 0.3) is 11.8 Å². The first kappa shape index (κ1) is 25.6. The number of nitrogens with one attached hydrogen (secondary N) is 1. The third kappa shape index (κ3) is 5.78. The standard InChI is InChI=1S/C27H27B2N2O5S/c1-17(30-26(32)19-5-7-21-15-35-28-24(21)11-19)13-31(14-18-3-9-23(37-2)10-4-18)27(33)20-6-8-22-16-36-29(34)25(22)12-20/h3-12,17,34H,13-16H2,1-2H3,(H,30,32). The average molecular weight is 513 g/mol. The van der Waals surface area contributed by atoms with Gasteiger partial charge in [0.15, 0.2) is 0 Å². The Balaban J connectivity index is 1.33. The van der Waals surface area contributed by atoms with Crippen molar-refractivity contribution in [1.29, 1.82) is 0 Å². The molecule has 0 saturated heterocycles. The molecule has 1 radical (unpaired) electrons. The van der Waals surface area contributed by atoms with Crippen LogP contribution < -0.4 is 16.2 Å². The Kier molecular flexibility index (Phi) is 7.71. The number of hydrogen-bond acceptors (Lipinski definition) is 6. The van der Waals surface area contributed by atoms with Crippen LogP contribution in [0.15, 0.2) is 65.6 Å². The van der Waals surface area contributed by atoms with Gasteiger partial charge >= 0.3 is 14.6 Å². The first-order valence-electron chi connectivity index (χ1n) is 12.1. The van der Waals surface area contributed by atoms with Crippen molar-refractivity contribution in [3.8, 4) is 0 Å². The number of amides is 2. The minimum atomic E-state index is -1.02. The lowest BCUT2D eigenvalue weighted by Gasteiger charge is -2.27. The van der Waals surface area contributed by atoms with E-state index in [1.807, 2.05) is 55.6 Å². The van der Waals surface area contributed by atoms with Crippen LogP contribution in [0.3, 0.4) is 0 Å². The van der Waals surface area contributed by atoms with Crippen LogP contribution in [0.5, 0.6) is 0 Å². The predicted molar refractivity (Wildman–Crippen MR) is 145 cm³/mol. The van der Waals surface area contributed by atoms with Crippen LogP contribution in [-0.2, 0) is 29.1 Å². The normalized spacial score (nSPS) is 14.5. The Morgan fingerprint density at radius 2 is 1.84 bits per heavy atom. The highest BCUT2D eigenvalue weighted by Gasteiger charge is 2.29. The molecule has 37 heavy (non-hydrogen) atoms. The zero-order chi connectivity index (χ0) is 25.9. The highest BCUT2D eigenvalue weighted by Crippen LogP contribution is 2.18. The van der Waals surface area contributed by atoms with E-state index in [-0.39, 0.29) is 17.9 Å². The third-order valence-corrected chi connectivity index (χ3v) is 7.35. The molecule has 0 aromatic heterocycles. The van der Waals surface area contributed by atoms with Crippen molar-refractivity contribution in [3.05, 3.63) is 88.5 Å². The maximum Gasteiger partial charge on any atom is 0.491 e. The molecular formula is C27H27B2N2O5S. The Morgan fingerprint density at radius 3 is 2.62 bits per heavy atom. The molecule has 1 unspecified atom stereocenters. The van der Waals surface area contributed by atoms with Crippen LogP contribution >= 0.6 is 11.8 Å². The first-order valence-corrected chi connectivity index (χ1v) is 13.4. The minimum absolute atomic E-state index is 0.179. The number of hydrogen-bond donors (Lipinski definition) is 2. The highest BCUT2D eigenvalue weighted by atomic mass is 32.2. The van der Waals surface area contributed by atoms with E-state index in [1.165, 1.54) is 0 Å². The second-order valence-corrected chi connectivity index (χ2v) is 10.2. The smallest absolute Gasteiger partial charge is 0.430 e. The second-order valence-electron chi connectivity index (χ2n) is 9.33. The molecule has 1 atom stereocenters. The van der Waals surface area contributed by atoms with Gasteiger partial charge in [-0.2, -0.15) is 0 Å². The molecule has 7 nitrogen and oxygen atoms in total. The lowest BCUT2D eigenvalue weighted by molar-refractivity contribution is 0.0715. The Morgan fingerprint density at radius 1 is 1.08 bits per heavy atom. The summed E-state index contributed by atoms with van der Waals surface area (Å²) >= 11 is 1.66. The summed E-state index contributed by atoms with van der Waals surface area (Å²) in [5, 5.41) is 13.1. The van der Waals surface area contributed by atoms with Gasteiger partial charge in [-0.1, -0.05) is 30.3 Å². The minimum Gasteiger partial charge on any atom is -0.430 e. The van der Waals surface area contributed by atoms with Gasteiger partial charge in [0.2, 0.25) is 0 Å². The van der Waals surface area contributed by atoms with Gasteiger partial charge < -0.3 is 24.5 Å². The number of thioether (sulfide) groups is 1. The molecule has 2 aliphatic rings. The van der Waals surface area contributed by atoms with Crippen molar-refractivity contribution in [3.63, 3.8) is 0 Å². The SMILES string of the molecule is CSc1ccc(CN(CC(C)NC(=O)c2ccc3c(c2)[B]OC3)C(=O)c2ccc3c(c2)B(O)OC3)cc1. The molecule has 0 bridgehead atoms. The highest BCUT2D eigenvalue weighted by molar-refractivity contribution is 7.98. The monoisotopic (exact) mass is 513 g/mol. The molecule has 0 fully saturated rings. The topological polar surface area (TPSA) is 88.1 Å². The summed E-state index contributed by atoms with van der Waals surface area (Å²) in [6.45, 7) is 3.43. The Labute approximate surface area is 222 Å². The van der Waals surface area contributed by atoms with Crippen LogP contribution in [0.2, 0.25) is 0 Å². The van der Waals surface area contributed by atoms with E-state index in [0.717, 1.165) is 27.0 Å². The average Bonchev–Trinajstić information content (AvgIpc) is 3.54. The Hall–Kier alpha value is -3.04. The van der Waals surface area contributed by atoms with Gasteiger partial charge in [-0.05, 0) is 71.1 Å². The van der Waals surface area contributed by atoms with Gasteiger partial charge in [0, 0.05) is 35.2 Å². The molecule has 0 saturated carbocycles. The van der Waals surface area contributed by atoms with Gasteiger partial charge in [-0.3, -0.25) is 9.59 Å². The molecule has 0 aliphatic carbocycles. The molecule has 2 heterocycles. The van der Waals surface area contributed by atoms with Crippen molar-refractivity contribution in [2.45, 2.75) is 37.6 Å². The Bertz CT molecular complexity index is 1320. The zero-order valence-electron chi connectivity index (χ0n) is 20.8. The van der Waals surface area contributed by atoms with E-state index in [4.69, 9.17) is 9.31 Å². The number of carbonyl (C=O) groups excluding carboxylic acids is 2. The van der Waals surface area contributed by atoms with Crippen LogP contribution in [0.4, 0.5) is 0 Å². The summed E-state index contributed by atoms with van der Waals surface area (Å²) in [7, 11) is 0.639. The first-order chi connectivity index (χ1) is 17.9. The van der Waals surface area contributed by atoms with E-state index >= 15 is 0 Å². The maximum atomic E-state index is 13.7. The number of carbonyl (C=O) groups is 2. The van der Waals surface area contributed by atoms with E-state index in [9.17, 15) is 14.6 Å². The summed E-state index contributed by atoms with van der Waals surface area (Å²) in [5.41, 5.74) is 5.47. The summed E-state index contributed by atoms with van der Waals surface area (Å²) in [6.07, 6.45) is 2.02. The fourth-order valence-corrected chi connectivity index (χ4v) is 4.99. The van der Waals surface area contributed by atoms with Gasteiger partial charge in [-0.15, -0.1) is 11.8 Å². The number of rotatable bonds is 8. The van der Waals surface area contributed by atoms with Crippen molar-refractivity contribution in [2.75, 3.05) is 12.8 Å². The van der Waals surface area contributed by atoms with E-state index in [0.29, 0.717) is 42.9 Å². The molecule has 2 amide bonds. The van der Waals surface area contributed by atoms with Crippen molar-refractivity contribution in [1.82, 2.24) is 10.2 Å². The molecule has 5 rings (SSSR count). The van der Waals surface area contributed by atoms with Crippen molar-refractivity contribution in [2.24, 2.45) is 0 Å². The van der Waals surface area contributed by atoms with Crippen LogP contribution in [0, 0.1) is 0 Å². The van der Waals surface area contributed by atoms with Crippen LogP contribution in [0.1, 0.15) is 44.3 Å². The second kappa shape index (κ2) is 11.1. The largest absolute Gasteiger partial charge is 0.491 e. The van der Waals surface area contributed by atoms with Gasteiger partial charge in [-0.25, -0.2) is 0 Å². The number of benzene rings is 3. The predicted octanol–water partition coefficient (Wildman–Crippen LogP) is 1.86. The van der Waals surface area contributed by atoms with E-state index in [1.54, 1.807) is 42.3 Å². The molecule has 3 aromatic rings. The lowest BCUT2D eigenvalue weighted by Crippen LogP contribution is -2.44. The molecule has 2 aliphatic heterocycles. The summed E-state index contributed by atoms with van der Waals surface area (Å²) in [5.74, 6) is -0.383. The number of fused-ring (bicyclic) bond motifs is 2. The quantitative estimate of drug-likeness (QED) is 0.354. The van der Waals surface area contributed by atoms with Gasteiger partial charge in [0.05, 0.1) is 13.2 Å². The molecule has 3 aromatic carbocycles. The van der Waals surface area contributed by atoms with Gasteiger partial charge in [0.1, 0.15) is 0 Å². The van der Waals surface area contributed by atoms with Crippen LogP contribution in [-0.4, -0.2) is 55.2 Å². The van der Waals surface area contributed by atoms with Crippen molar-refractivity contribution < 1.29 is 23.9 Å². The fraction of sp³-hybridized carbons (Fsp3) is 0.259. The summed E-state index contributed by atoms with van der Waals surface area (Å²) in [4.78, 5) is 29.5. The molecular weight excluding hydrogens is 486 g/mol. The van der Waals surface area contributed by atoms with Crippen LogP contribution in [0.25, 0.3) is 0 Å².